The van der Waals surface area contributed by atoms with Gasteiger partial charge in [-0.05, 0) is 11.8 Å². The first-order chi connectivity index (χ1) is 8.97. The molecule has 0 amide bonds. The number of rotatable bonds is 0. The molecule has 0 radical (unpaired) electrons. The summed E-state index contributed by atoms with van der Waals surface area (Å²) in [6, 6.07) is 0. The van der Waals surface area contributed by atoms with Gasteiger partial charge in [0.1, 0.15) is 0 Å². The molecule has 0 aromatic heterocycles. The normalized spacial score (nSPS) is 33.3. The molecule has 2 unspecified atom stereocenters. The largest absolute Gasteiger partial charge is 0.0533 e. The summed E-state index contributed by atoms with van der Waals surface area (Å²) in [7, 11) is 0. The molecule has 0 aromatic rings. The van der Waals surface area contributed by atoms with Gasteiger partial charge in [0.25, 0.3) is 0 Å². The van der Waals surface area contributed by atoms with E-state index in [9.17, 15) is 0 Å². The summed E-state index contributed by atoms with van der Waals surface area (Å²) < 4.78 is 0. The maximum absolute atomic E-state index is 1.56. The first kappa shape index (κ1) is 14.4. The zero-order chi connectivity index (χ0) is 12.5. The zero-order valence-electron chi connectivity index (χ0n) is 12.5. The van der Waals surface area contributed by atoms with Crippen LogP contribution in [0, 0.1) is 11.8 Å². The summed E-state index contributed by atoms with van der Waals surface area (Å²) in [5.74, 6) is 2.24. The van der Waals surface area contributed by atoms with E-state index in [1.54, 1.807) is 25.7 Å². The summed E-state index contributed by atoms with van der Waals surface area (Å²) >= 11 is 0. The van der Waals surface area contributed by atoms with Crippen molar-refractivity contribution in [1.29, 1.82) is 0 Å². The Morgan fingerprint density at radius 2 is 0.556 bits per heavy atom. The molecular weight excluding hydrogens is 216 g/mol. The van der Waals surface area contributed by atoms with Crippen molar-refractivity contribution in [3.05, 3.63) is 0 Å². The molecule has 0 aromatic carbocycles. The first-order valence-corrected chi connectivity index (χ1v) is 8.97. The third-order valence-corrected chi connectivity index (χ3v) is 5.47. The van der Waals surface area contributed by atoms with Crippen LogP contribution >= 0.6 is 0 Å². The molecule has 0 heteroatoms. The molecule has 2 aliphatic rings. The van der Waals surface area contributed by atoms with E-state index in [-0.39, 0.29) is 0 Å². The SMILES string of the molecule is C1CCCCCCC2CCCC2CCCCCC1. The van der Waals surface area contributed by atoms with Crippen LogP contribution in [0.1, 0.15) is 103 Å². The average Bonchev–Trinajstić information content (AvgIpc) is 2.81. The summed E-state index contributed by atoms with van der Waals surface area (Å²) in [5.41, 5.74) is 0. The van der Waals surface area contributed by atoms with Gasteiger partial charge >= 0.3 is 0 Å². The van der Waals surface area contributed by atoms with Crippen LogP contribution in [0.4, 0.5) is 0 Å². The van der Waals surface area contributed by atoms with Gasteiger partial charge in [-0.2, -0.15) is 0 Å². The molecule has 0 saturated heterocycles. The molecule has 2 atom stereocenters. The van der Waals surface area contributed by atoms with Gasteiger partial charge in [0.05, 0.1) is 0 Å². The molecule has 0 bridgehead atoms. The summed E-state index contributed by atoms with van der Waals surface area (Å²) in [4.78, 5) is 0. The Labute approximate surface area is 115 Å². The smallest absolute Gasteiger partial charge is 0.0386 e. The Morgan fingerprint density at radius 1 is 0.278 bits per heavy atom. The Morgan fingerprint density at radius 3 is 0.944 bits per heavy atom. The summed E-state index contributed by atoms with van der Waals surface area (Å²) in [5, 5.41) is 0. The lowest BCUT2D eigenvalue weighted by Gasteiger charge is -2.19. The molecule has 18 heavy (non-hydrogen) atoms. The minimum absolute atomic E-state index is 1.12. The molecule has 0 nitrogen and oxygen atoms in total. The lowest BCUT2D eigenvalue weighted by atomic mass is 9.87. The van der Waals surface area contributed by atoms with E-state index < -0.39 is 0 Å². The quantitative estimate of drug-likeness (QED) is 0.461. The van der Waals surface area contributed by atoms with Crippen LogP contribution in [0.3, 0.4) is 0 Å². The number of hydrogen-bond acceptors (Lipinski definition) is 0. The van der Waals surface area contributed by atoms with Crippen LogP contribution in [0.25, 0.3) is 0 Å². The van der Waals surface area contributed by atoms with Crippen molar-refractivity contribution >= 4 is 0 Å². The predicted molar refractivity (Wildman–Crippen MR) is 80.9 cm³/mol. The van der Waals surface area contributed by atoms with E-state index in [0.717, 1.165) is 11.8 Å². The second-order valence-electron chi connectivity index (χ2n) is 6.92. The van der Waals surface area contributed by atoms with Crippen molar-refractivity contribution < 1.29 is 0 Å². The van der Waals surface area contributed by atoms with Gasteiger partial charge in [0, 0.05) is 0 Å². The van der Waals surface area contributed by atoms with Gasteiger partial charge in [-0.1, -0.05) is 103 Å². The molecule has 0 spiro atoms. The number of fused-ring (bicyclic) bond motifs is 1. The third-order valence-electron chi connectivity index (χ3n) is 5.47. The highest BCUT2D eigenvalue weighted by Gasteiger charge is 2.25. The molecular formula is C18H34. The van der Waals surface area contributed by atoms with E-state index in [1.807, 2.05) is 0 Å². The van der Waals surface area contributed by atoms with Crippen LogP contribution in [0.5, 0.6) is 0 Å². The molecule has 2 aliphatic carbocycles. The average molecular weight is 250 g/mol. The lowest BCUT2D eigenvalue weighted by molar-refractivity contribution is 0.323. The van der Waals surface area contributed by atoms with Gasteiger partial charge in [-0.3, -0.25) is 0 Å². The van der Waals surface area contributed by atoms with Crippen LogP contribution in [-0.4, -0.2) is 0 Å². The fourth-order valence-electron chi connectivity index (χ4n) is 4.28. The zero-order valence-corrected chi connectivity index (χ0v) is 12.5. The molecule has 106 valence electrons. The van der Waals surface area contributed by atoms with E-state index in [4.69, 9.17) is 0 Å². The lowest BCUT2D eigenvalue weighted by Crippen LogP contribution is -2.08. The molecule has 2 rings (SSSR count). The van der Waals surface area contributed by atoms with Crippen molar-refractivity contribution in [1.82, 2.24) is 0 Å². The van der Waals surface area contributed by atoms with Crippen molar-refractivity contribution in [2.75, 3.05) is 0 Å². The number of hydrogen-bond donors (Lipinski definition) is 0. The standard InChI is InChI=1S/C18H34/c1-2-4-6-8-10-13-17-15-12-16-18(17)14-11-9-7-5-3-1/h17-18H,1-16H2. The summed E-state index contributed by atoms with van der Waals surface area (Å²) in [6.45, 7) is 0. The van der Waals surface area contributed by atoms with Crippen LogP contribution in [0.2, 0.25) is 0 Å². The fraction of sp³-hybridized carbons (Fsp3) is 1.00. The highest BCUT2D eigenvalue weighted by Crippen LogP contribution is 2.38. The topological polar surface area (TPSA) is 0 Å². The first-order valence-electron chi connectivity index (χ1n) is 8.97. The Bertz CT molecular complexity index is 176. The van der Waals surface area contributed by atoms with Crippen molar-refractivity contribution in [2.24, 2.45) is 11.8 Å². The van der Waals surface area contributed by atoms with E-state index in [2.05, 4.69) is 0 Å². The van der Waals surface area contributed by atoms with Crippen LogP contribution in [-0.2, 0) is 0 Å². The predicted octanol–water partition coefficient (Wildman–Crippen LogP) is 6.49. The van der Waals surface area contributed by atoms with Gasteiger partial charge in [0.15, 0.2) is 0 Å². The van der Waals surface area contributed by atoms with Gasteiger partial charge in [0.2, 0.25) is 0 Å². The van der Waals surface area contributed by atoms with Crippen molar-refractivity contribution in [2.45, 2.75) is 103 Å². The Hall–Kier alpha value is 0. The van der Waals surface area contributed by atoms with Crippen molar-refractivity contribution in [3.63, 3.8) is 0 Å². The van der Waals surface area contributed by atoms with Crippen LogP contribution in [0.15, 0.2) is 0 Å². The minimum atomic E-state index is 1.12. The van der Waals surface area contributed by atoms with E-state index in [0.29, 0.717) is 0 Å². The highest BCUT2D eigenvalue weighted by molar-refractivity contribution is 4.77. The monoisotopic (exact) mass is 250 g/mol. The second kappa shape index (κ2) is 8.99. The minimum Gasteiger partial charge on any atom is -0.0533 e. The maximum Gasteiger partial charge on any atom is -0.0386 e. The Kier molecular flexibility index (Phi) is 7.20. The Balaban J connectivity index is 1.71. The van der Waals surface area contributed by atoms with Crippen LogP contribution < -0.4 is 0 Å². The molecule has 0 N–H and O–H groups in total. The van der Waals surface area contributed by atoms with Gasteiger partial charge in [-0.15, -0.1) is 0 Å². The molecule has 0 heterocycles. The second-order valence-corrected chi connectivity index (χ2v) is 6.92. The van der Waals surface area contributed by atoms with Crippen molar-refractivity contribution in [3.8, 4) is 0 Å². The molecule has 2 fully saturated rings. The van der Waals surface area contributed by atoms with E-state index in [1.165, 1.54) is 77.0 Å². The third kappa shape index (κ3) is 5.33. The summed E-state index contributed by atoms with van der Waals surface area (Å²) in [6.07, 6.45) is 24.4. The molecule has 2 saturated carbocycles. The van der Waals surface area contributed by atoms with Gasteiger partial charge < -0.3 is 0 Å². The van der Waals surface area contributed by atoms with E-state index >= 15 is 0 Å². The highest BCUT2D eigenvalue weighted by atomic mass is 14.3. The fourth-order valence-corrected chi connectivity index (χ4v) is 4.28. The maximum atomic E-state index is 1.56. The van der Waals surface area contributed by atoms with Gasteiger partial charge in [-0.25, -0.2) is 0 Å². The molecule has 0 aliphatic heterocycles.